The summed E-state index contributed by atoms with van der Waals surface area (Å²) in [4.78, 5) is 130. The molecule has 0 radical (unpaired) electrons. The fourth-order valence-corrected chi connectivity index (χ4v) is 21.7. The Morgan fingerprint density at radius 1 is 0.250 bits per heavy atom. The summed E-state index contributed by atoms with van der Waals surface area (Å²) in [5, 5.41) is 2.17. The maximum Gasteiger partial charge on any atom is 0.343 e. The molecular weight excluding hydrogens is 1640 g/mol. The number of ether oxygens (including phenoxy) is 6. The molecular formula is C96H72Cl3O18P3. The number of hydrogen-bond acceptors (Lipinski definition) is 18. The molecule has 13 aromatic rings. The molecule has 0 fully saturated rings. The molecule has 0 amide bonds. The second-order valence-electron chi connectivity index (χ2n) is 28.1. The number of carbonyl (C=O) groups excluding carboxylic acids is 9. The lowest BCUT2D eigenvalue weighted by molar-refractivity contribution is 0.0463. The molecule has 0 bridgehead atoms. The summed E-state index contributed by atoms with van der Waals surface area (Å²) in [6, 6.07) is 74.6. The second-order valence-corrected chi connectivity index (χ2v) is 37.2. The Hall–Kier alpha value is -12.8. The van der Waals surface area contributed by atoms with E-state index in [1.807, 2.05) is 0 Å². The molecule has 13 rings (SSSR count). The van der Waals surface area contributed by atoms with Gasteiger partial charge in [-0.05, 0) is 164 Å². The molecule has 0 N–H and O–H groups in total. The lowest BCUT2D eigenvalue weighted by Crippen LogP contribution is -2.24. The van der Waals surface area contributed by atoms with Crippen LogP contribution < -0.4 is 46.0 Å². The van der Waals surface area contributed by atoms with E-state index in [9.17, 15) is 43.2 Å². The standard InChI is InChI=1S/C96H72Cl3O18P3/c1-58-49-79(82(61(4)85(58)97)94(106)118(109,73-25-13-7-14-26-73)74-27-15-8-16-28-74)115-91(103)67-43-37-64(38-44-67)55-112-88(100)70-52-71(89(101)113-56-65-39-45-68(46-40-65)92(104)116-80-50-59(2)86(98)62(5)83(80)95(107)119(110,75-29-17-9-18-30-75)76-31-19-10-20-32-76)54-72(53-70)90(102)114-57-66-41-47-69(48-42-66)93(105)117-81-51-60(3)87(99)63(6)84(81)96(108)120(111,77-33-21-11-22-34-77)78-35-23-12-24-36-78/h7-54H,55-57H2,1-6H3. The normalized spacial score (nSPS) is 11.4. The fourth-order valence-electron chi connectivity index (χ4n) is 13.6. The zero-order chi connectivity index (χ0) is 85.3. The third-order valence-corrected chi connectivity index (χ3v) is 30.4. The van der Waals surface area contributed by atoms with Gasteiger partial charge in [0, 0.05) is 46.9 Å². The summed E-state index contributed by atoms with van der Waals surface area (Å²) >= 11 is 20.3. The highest BCUT2D eigenvalue weighted by molar-refractivity contribution is 7.94. The highest BCUT2D eigenvalue weighted by atomic mass is 35.5. The largest absolute Gasteiger partial charge is 0.457 e. The first-order chi connectivity index (χ1) is 57.6. The van der Waals surface area contributed by atoms with Crippen LogP contribution in [0.2, 0.25) is 15.1 Å². The highest BCUT2D eigenvalue weighted by Gasteiger charge is 2.44. The molecule has 0 saturated heterocycles. The minimum atomic E-state index is -4.12. The van der Waals surface area contributed by atoms with Crippen molar-refractivity contribution in [1.29, 1.82) is 0 Å². The maximum atomic E-state index is 15.3. The molecule has 0 aliphatic rings. The van der Waals surface area contributed by atoms with Crippen molar-refractivity contribution in [2.75, 3.05) is 0 Å². The van der Waals surface area contributed by atoms with Gasteiger partial charge in [0.1, 0.15) is 37.1 Å². The first-order valence-corrected chi connectivity index (χ1v) is 43.6. The molecule has 0 saturated carbocycles. The van der Waals surface area contributed by atoms with Gasteiger partial charge in [0.25, 0.3) is 0 Å². The smallest absolute Gasteiger partial charge is 0.343 e. The minimum Gasteiger partial charge on any atom is -0.457 e. The monoisotopic (exact) mass is 1710 g/mol. The Bertz CT molecular complexity index is 5620. The quantitative estimate of drug-likeness (QED) is 0.0200. The van der Waals surface area contributed by atoms with Crippen LogP contribution in [0.3, 0.4) is 0 Å². The van der Waals surface area contributed by atoms with Crippen molar-refractivity contribution in [3.8, 4) is 17.2 Å². The molecule has 0 unspecified atom stereocenters. The average molecular weight is 1710 g/mol. The molecule has 120 heavy (non-hydrogen) atoms. The van der Waals surface area contributed by atoms with Crippen LogP contribution in [0, 0.1) is 41.5 Å². The van der Waals surface area contributed by atoms with Crippen LogP contribution >= 0.6 is 56.2 Å². The van der Waals surface area contributed by atoms with Crippen molar-refractivity contribution < 1.29 is 85.3 Å². The number of hydrogen-bond donors (Lipinski definition) is 0. The Morgan fingerprint density at radius 2 is 0.442 bits per heavy atom. The topological polar surface area (TPSA) is 260 Å². The van der Waals surface area contributed by atoms with Gasteiger partial charge in [0.05, 0.1) is 50.1 Å². The highest BCUT2D eigenvalue weighted by Crippen LogP contribution is 2.54. The molecule has 13 aromatic carbocycles. The van der Waals surface area contributed by atoms with Crippen molar-refractivity contribution >= 4 is 140 Å². The van der Waals surface area contributed by atoms with Gasteiger partial charge in [-0.25, -0.2) is 28.8 Å². The van der Waals surface area contributed by atoms with Crippen molar-refractivity contribution in [2.24, 2.45) is 0 Å². The molecule has 600 valence electrons. The zero-order valence-electron chi connectivity index (χ0n) is 65.2. The van der Waals surface area contributed by atoms with Gasteiger partial charge in [0.2, 0.25) is 38.0 Å². The summed E-state index contributed by atoms with van der Waals surface area (Å²) < 4.78 is 81.1. The molecule has 0 heterocycles. The lowest BCUT2D eigenvalue weighted by atomic mass is 10.0. The Labute approximate surface area is 706 Å². The van der Waals surface area contributed by atoms with E-state index < -0.39 is 93.6 Å². The van der Waals surface area contributed by atoms with Crippen LogP contribution in [-0.2, 0) is 47.7 Å². The third kappa shape index (κ3) is 17.7. The van der Waals surface area contributed by atoms with Crippen LogP contribution in [0.4, 0.5) is 0 Å². The van der Waals surface area contributed by atoms with Gasteiger partial charge < -0.3 is 42.1 Å². The summed E-state index contributed by atoms with van der Waals surface area (Å²) in [6.07, 6.45) is 0. The van der Waals surface area contributed by atoms with Gasteiger partial charge >= 0.3 is 35.8 Å². The number of esters is 6. The van der Waals surface area contributed by atoms with E-state index >= 15 is 13.7 Å². The van der Waals surface area contributed by atoms with Crippen molar-refractivity contribution in [1.82, 2.24) is 0 Å². The van der Waals surface area contributed by atoms with Crippen molar-refractivity contribution in [3.63, 3.8) is 0 Å². The number of benzene rings is 13. The van der Waals surface area contributed by atoms with Crippen molar-refractivity contribution in [3.05, 3.63) is 406 Å². The lowest BCUT2D eigenvalue weighted by Gasteiger charge is -2.22. The number of aryl methyl sites for hydroxylation is 3. The van der Waals surface area contributed by atoms with Crippen LogP contribution in [-0.4, -0.2) is 52.4 Å². The molecule has 24 heteroatoms. The minimum absolute atomic E-state index is 0.00962. The van der Waals surface area contributed by atoms with E-state index in [2.05, 4.69) is 0 Å². The van der Waals surface area contributed by atoms with Gasteiger partial charge in [-0.1, -0.05) is 253 Å². The Kier molecular flexibility index (Phi) is 26.0. The molecule has 0 spiro atoms. The SMILES string of the molecule is Cc1cc(OC(=O)c2ccc(COC(=O)c3cc(C(=O)OCc4ccc(C(=O)Oc5cc(C)c(Cl)c(C)c5C(=O)P(=O)(c5ccccc5)c5ccccc5)cc4)cc(C(=O)OCc4ccc(C(=O)Oc5cc(C)c(Cl)c(C)c5C(=O)P(=O)(c5ccccc5)c5ccccc5)cc4)c3)cc2)c(C(=O)P(=O)(c2ccccc2)c2ccccc2)c(C)c1Cl. The Morgan fingerprint density at radius 3 is 0.633 bits per heavy atom. The van der Waals surface area contributed by atoms with Gasteiger partial charge in [-0.15, -0.1) is 0 Å². The van der Waals surface area contributed by atoms with Gasteiger partial charge in [-0.2, -0.15) is 0 Å². The van der Waals surface area contributed by atoms with Gasteiger partial charge in [-0.3, -0.25) is 14.4 Å². The summed E-state index contributed by atoms with van der Waals surface area (Å²) in [7, 11) is -12.4. The predicted molar refractivity (Wildman–Crippen MR) is 463 cm³/mol. The van der Waals surface area contributed by atoms with Gasteiger partial charge in [0.15, 0.2) is 0 Å². The molecule has 0 aromatic heterocycles. The fraction of sp³-hybridized carbons (Fsp3) is 0.0938. The number of carbonyl (C=O) groups is 9. The predicted octanol–water partition coefficient (Wildman–Crippen LogP) is 19.7. The first-order valence-electron chi connectivity index (χ1n) is 37.4. The third-order valence-electron chi connectivity index (χ3n) is 20.1. The van der Waals surface area contributed by atoms with Crippen LogP contribution in [0.1, 0.15) is 143 Å². The van der Waals surface area contributed by atoms with E-state index in [-0.39, 0.29) is 131 Å². The Balaban J connectivity index is 0.727. The maximum absolute atomic E-state index is 15.3. The molecule has 18 nitrogen and oxygen atoms in total. The van der Waals surface area contributed by atoms with E-state index in [0.29, 0.717) is 33.4 Å². The van der Waals surface area contributed by atoms with Crippen LogP contribution in [0.15, 0.2) is 291 Å². The number of halogens is 3. The summed E-state index contributed by atoms with van der Waals surface area (Å²) in [6.45, 7) is 8.50. The number of rotatable bonds is 27. The first kappa shape index (κ1) is 85.1. The summed E-state index contributed by atoms with van der Waals surface area (Å²) in [5.74, 6) is -6.29. The second kappa shape index (κ2) is 36.6. The van der Waals surface area contributed by atoms with E-state index in [4.69, 9.17) is 63.2 Å². The van der Waals surface area contributed by atoms with Crippen LogP contribution in [0.25, 0.3) is 0 Å². The molecule has 0 aliphatic heterocycles. The van der Waals surface area contributed by atoms with Crippen molar-refractivity contribution in [2.45, 2.75) is 61.4 Å². The average Bonchev–Trinajstić information content (AvgIpc) is 0.755. The summed E-state index contributed by atoms with van der Waals surface area (Å²) in [5.41, 5.74) is -0.477. The molecule has 0 atom stereocenters. The molecule has 0 aliphatic carbocycles. The van der Waals surface area contributed by atoms with E-state index in [1.165, 1.54) is 91.0 Å². The van der Waals surface area contributed by atoms with E-state index in [1.54, 1.807) is 224 Å². The van der Waals surface area contributed by atoms with Crippen LogP contribution in [0.5, 0.6) is 17.2 Å². The zero-order valence-corrected chi connectivity index (χ0v) is 70.1. The van der Waals surface area contributed by atoms with E-state index in [0.717, 1.165) is 18.2 Å².